The zero-order valence-electron chi connectivity index (χ0n) is 14.5. The second-order valence-electron chi connectivity index (χ2n) is 5.99. The van der Waals surface area contributed by atoms with Gasteiger partial charge in [-0.15, -0.1) is 0 Å². The highest BCUT2D eigenvalue weighted by atomic mass is 35.5. The van der Waals surface area contributed by atoms with E-state index in [1.807, 2.05) is 6.92 Å². The molecule has 2 aromatic rings. The molecule has 0 aliphatic carbocycles. The highest BCUT2D eigenvalue weighted by Crippen LogP contribution is 2.37. The Morgan fingerprint density at radius 2 is 1.85 bits per heavy atom. The number of anilines is 1. The van der Waals surface area contributed by atoms with Gasteiger partial charge in [-0.05, 0) is 37.6 Å². The molecule has 1 heterocycles. The molecular weight excluding hydrogens is 377 g/mol. The van der Waals surface area contributed by atoms with Crippen molar-refractivity contribution in [2.45, 2.75) is 26.4 Å². The number of hydrogen-bond acceptors (Lipinski definition) is 4. The molecule has 0 bridgehead atoms. The molecule has 1 amide bonds. The number of nitrogens with one attached hydrogen (secondary N) is 1. The van der Waals surface area contributed by atoms with E-state index in [-0.39, 0.29) is 5.91 Å². The van der Waals surface area contributed by atoms with E-state index < -0.39 is 6.10 Å². The maximum atomic E-state index is 12.5. The van der Waals surface area contributed by atoms with Crippen molar-refractivity contribution >= 4 is 34.8 Å². The lowest BCUT2D eigenvalue weighted by Crippen LogP contribution is -2.30. The predicted molar refractivity (Wildman–Crippen MR) is 102 cm³/mol. The average molecular weight is 396 g/mol. The smallest absolute Gasteiger partial charge is 0.265 e. The van der Waals surface area contributed by atoms with Crippen molar-refractivity contribution in [1.29, 1.82) is 0 Å². The van der Waals surface area contributed by atoms with Gasteiger partial charge >= 0.3 is 0 Å². The lowest BCUT2D eigenvalue weighted by Gasteiger charge is -2.18. The third-order valence-corrected chi connectivity index (χ3v) is 4.45. The van der Waals surface area contributed by atoms with Gasteiger partial charge in [0.25, 0.3) is 5.91 Å². The number of aryl methyl sites for hydroxylation is 1. The number of carbonyl (C=O) groups is 1. The molecule has 3 rings (SSSR count). The molecule has 1 aliphatic heterocycles. The van der Waals surface area contributed by atoms with Gasteiger partial charge in [-0.2, -0.15) is 0 Å². The van der Waals surface area contributed by atoms with Crippen LogP contribution in [0.1, 0.15) is 18.9 Å². The number of rotatable bonds is 4. The molecule has 26 heavy (non-hydrogen) atoms. The van der Waals surface area contributed by atoms with Crippen LogP contribution in [0.15, 0.2) is 30.3 Å². The Balaban J connectivity index is 1.71. The zero-order valence-corrected chi connectivity index (χ0v) is 16.0. The minimum absolute atomic E-state index is 0.323. The Hall–Kier alpha value is -2.11. The van der Waals surface area contributed by atoms with Gasteiger partial charge in [0.15, 0.2) is 17.6 Å². The molecule has 2 aromatic carbocycles. The molecule has 1 unspecified atom stereocenters. The second-order valence-corrected chi connectivity index (χ2v) is 6.83. The number of hydrogen-bond donors (Lipinski definition) is 1. The molecule has 0 fully saturated rings. The van der Waals surface area contributed by atoms with E-state index >= 15 is 0 Å². The number of ether oxygens (including phenoxy) is 3. The van der Waals surface area contributed by atoms with Gasteiger partial charge < -0.3 is 19.5 Å². The Kier molecular flexibility index (Phi) is 5.79. The summed E-state index contributed by atoms with van der Waals surface area (Å²) >= 11 is 12.2. The number of fused-ring (bicyclic) bond motifs is 1. The highest BCUT2D eigenvalue weighted by molar-refractivity contribution is 6.34. The van der Waals surface area contributed by atoms with E-state index in [1.54, 1.807) is 37.3 Å². The lowest BCUT2D eigenvalue weighted by atomic mass is 10.2. The van der Waals surface area contributed by atoms with E-state index in [1.165, 1.54) is 0 Å². The lowest BCUT2D eigenvalue weighted by molar-refractivity contribution is -0.122. The summed E-state index contributed by atoms with van der Waals surface area (Å²) in [6.45, 7) is 4.66. The average Bonchev–Trinajstić information content (AvgIpc) is 2.82. The third-order valence-electron chi connectivity index (χ3n) is 3.91. The summed E-state index contributed by atoms with van der Waals surface area (Å²) in [7, 11) is 0. The molecule has 1 aliphatic rings. The van der Waals surface area contributed by atoms with Crippen LogP contribution in [0.2, 0.25) is 10.0 Å². The van der Waals surface area contributed by atoms with E-state index in [9.17, 15) is 4.79 Å². The molecular formula is C19H19Cl2NO4. The van der Waals surface area contributed by atoms with Gasteiger partial charge in [-0.3, -0.25) is 4.79 Å². The predicted octanol–water partition coefficient (Wildman–Crippen LogP) is 4.87. The van der Waals surface area contributed by atoms with Gasteiger partial charge in [0.05, 0.1) is 23.9 Å². The van der Waals surface area contributed by atoms with Crippen LogP contribution in [0.3, 0.4) is 0 Å². The highest BCUT2D eigenvalue weighted by Gasteiger charge is 2.20. The quantitative estimate of drug-likeness (QED) is 0.801. The first-order chi connectivity index (χ1) is 12.4. The fourth-order valence-electron chi connectivity index (χ4n) is 2.50. The zero-order chi connectivity index (χ0) is 18.7. The topological polar surface area (TPSA) is 56.8 Å². The number of amides is 1. The number of halogens is 2. The van der Waals surface area contributed by atoms with Crippen molar-refractivity contribution < 1.29 is 19.0 Å². The molecule has 1 atom stereocenters. The van der Waals surface area contributed by atoms with Crippen molar-refractivity contribution in [1.82, 2.24) is 0 Å². The standard InChI is InChI=1S/C19H19Cl2NO4/c1-11-8-13(20)4-5-16(11)26-12(2)19(23)22-15-10-18-17(9-14(15)21)24-6-3-7-25-18/h4-5,8-10,12H,3,6-7H2,1-2H3,(H,22,23). The molecule has 0 radical (unpaired) electrons. The minimum atomic E-state index is -0.720. The Bertz CT molecular complexity index is 825. The van der Waals surface area contributed by atoms with Gasteiger partial charge in [0.2, 0.25) is 0 Å². The molecule has 1 N–H and O–H groups in total. The second kappa shape index (κ2) is 8.06. The van der Waals surface area contributed by atoms with Gasteiger partial charge in [0.1, 0.15) is 5.75 Å². The van der Waals surface area contributed by atoms with E-state index in [0.717, 1.165) is 12.0 Å². The summed E-state index contributed by atoms with van der Waals surface area (Å²) < 4.78 is 16.9. The Morgan fingerprint density at radius 3 is 2.54 bits per heavy atom. The summed E-state index contributed by atoms with van der Waals surface area (Å²) in [4.78, 5) is 12.5. The van der Waals surface area contributed by atoms with Crippen molar-refractivity contribution in [2.24, 2.45) is 0 Å². The number of carbonyl (C=O) groups excluding carboxylic acids is 1. The summed E-state index contributed by atoms with van der Waals surface area (Å²) in [5, 5.41) is 3.76. The van der Waals surface area contributed by atoms with Crippen LogP contribution >= 0.6 is 23.2 Å². The molecule has 7 heteroatoms. The first kappa shape index (κ1) is 18.7. The fraction of sp³-hybridized carbons (Fsp3) is 0.316. The summed E-state index contributed by atoms with van der Waals surface area (Å²) in [6.07, 6.45) is 0.0705. The van der Waals surface area contributed by atoms with Crippen LogP contribution in [0.25, 0.3) is 0 Å². The van der Waals surface area contributed by atoms with Crippen LogP contribution in [0, 0.1) is 6.92 Å². The summed E-state index contributed by atoms with van der Waals surface area (Å²) in [6, 6.07) is 8.55. The molecule has 0 saturated carbocycles. The number of benzene rings is 2. The monoisotopic (exact) mass is 395 g/mol. The van der Waals surface area contributed by atoms with Crippen molar-refractivity contribution in [3.8, 4) is 17.2 Å². The van der Waals surface area contributed by atoms with Crippen molar-refractivity contribution in [3.05, 3.63) is 45.9 Å². The van der Waals surface area contributed by atoms with E-state index in [2.05, 4.69) is 5.32 Å². The summed E-state index contributed by atoms with van der Waals surface area (Å²) in [5.74, 6) is 1.41. The summed E-state index contributed by atoms with van der Waals surface area (Å²) in [5.41, 5.74) is 1.30. The largest absolute Gasteiger partial charge is 0.490 e. The first-order valence-corrected chi connectivity index (χ1v) is 9.02. The van der Waals surface area contributed by atoms with Crippen LogP contribution in [-0.4, -0.2) is 25.2 Å². The van der Waals surface area contributed by atoms with Gasteiger partial charge in [0, 0.05) is 23.6 Å². The van der Waals surface area contributed by atoms with Crippen LogP contribution in [0.4, 0.5) is 5.69 Å². The van der Waals surface area contributed by atoms with Crippen LogP contribution < -0.4 is 19.5 Å². The Morgan fingerprint density at radius 1 is 1.15 bits per heavy atom. The molecule has 0 aromatic heterocycles. The van der Waals surface area contributed by atoms with Crippen molar-refractivity contribution in [2.75, 3.05) is 18.5 Å². The maximum absolute atomic E-state index is 12.5. The SMILES string of the molecule is Cc1cc(Cl)ccc1OC(C)C(=O)Nc1cc2c(cc1Cl)OCCCO2. The first-order valence-electron chi connectivity index (χ1n) is 8.27. The van der Waals surface area contributed by atoms with Crippen LogP contribution in [0.5, 0.6) is 17.2 Å². The van der Waals surface area contributed by atoms with Crippen molar-refractivity contribution in [3.63, 3.8) is 0 Å². The van der Waals surface area contributed by atoms with E-state index in [0.29, 0.717) is 46.2 Å². The molecule has 0 spiro atoms. The molecule has 5 nitrogen and oxygen atoms in total. The Labute approximate surface area is 162 Å². The normalized spacial score (nSPS) is 14.3. The van der Waals surface area contributed by atoms with E-state index in [4.69, 9.17) is 37.4 Å². The van der Waals surface area contributed by atoms with Gasteiger partial charge in [-0.25, -0.2) is 0 Å². The van der Waals surface area contributed by atoms with Crippen LogP contribution in [-0.2, 0) is 4.79 Å². The third kappa shape index (κ3) is 4.34. The molecule has 0 saturated heterocycles. The maximum Gasteiger partial charge on any atom is 0.265 e. The molecule has 138 valence electrons. The fourth-order valence-corrected chi connectivity index (χ4v) is 2.93. The van der Waals surface area contributed by atoms with Gasteiger partial charge in [-0.1, -0.05) is 23.2 Å². The minimum Gasteiger partial charge on any atom is -0.490 e.